The maximum Gasteiger partial charge on any atom is 0.244 e. The monoisotopic (exact) mass is 325 g/mol. The minimum absolute atomic E-state index is 0.0241. The van der Waals surface area contributed by atoms with Crippen molar-refractivity contribution >= 4 is 12.0 Å². The lowest BCUT2D eigenvalue weighted by Crippen LogP contribution is -2.26. The molecule has 0 aliphatic heterocycles. The van der Waals surface area contributed by atoms with E-state index in [-0.39, 0.29) is 11.9 Å². The normalized spacial score (nSPS) is 12.0. The van der Waals surface area contributed by atoms with E-state index in [9.17, 15) is 4.79 Å². The Morgan fingerprint density at radius 2 is 1.54 bits per heavy atom. The summed E-state index contributed by atoms with van der Waals surface area (Å²) in [7, 11) is 3.26. The van der Waals surface area contributed by atoms with Crippen LogP contribution in [-0.2, 0) is 4.79 Å². The first-order valence-electron chi connectivity index (χ1n) is 7.92. The maximum atomic E-state index is 12.2. The molecular weight excluding hydrogens is 302 g/mol. The summed E-state index contributed by atoms with van der Waals surface area (Å²) in [6.07, 6.45) is 4.15. The number of ether oxygens (including phenoxy) is 2. The molecule has 2 aromatic rings. The zero-order valence-electron chi connectivity index (χ0n) is 14.3. The zero-order valence-corrected chi connectivity index (χ0v) is 14.3. The second kappa shape index (κ2) is 8.77. The minimum atomic E-state index is -0.117. The van der Waals surface area contributed by atoms with Crippen LogP contribution in [0.1, 0.15) is 30.5 Å². The van der Waals surface area contributed by atoms with Gasteiger partial charge in [-0.3, -0.25) is 4.79 Å². The molecule has 0 aliphatic carbocycles. The Morgan fingerprint density at radius 3 is 2.04 bits per heavy atom. The summed E-state index contributed by atoms with van der Waals surface area (Å²) >= 11 is 0. The number of methoxy groups -OCH3 is 2. The molecule has 4 heteroatoms. The van der Waals surface area contributed by atoms with E-state index in [4.69, 9.17) is 9.47 Å². The number of rotatable bonds is 7. The van der Waals surface area contributed by atoms with Crippen molar-refractivity contribution in [2.45, 2.75) is 19.4 Å². The summed E-state index contributed by atoms with van der Waals surface area (Å²) in [6, 6.07) is 15.3. The molecule has 0 aliphatic rings. The molecule has 24 heavy (non-hydrogen) atoms. The van der Waals surface area contributed by atoms with Gasteiger partial charge in [0.1, 0.15) is 11.5 Å². The van der Waals surface area contributed by atoms with Gasteiger partial charge in [-0.15, -0.1) is 0 Å². The first-order valence-corrected chi connectivity index (χ1v) is 7.92. The van der Waals surface area contributed by atoms with Crippen LogP contribution in [-0.4, -0.2) is 20.1 Å². The van der Waals surface area contributed by atoms with Crippen molar-refractivity contribution in [3.63, 3.8) is 0 Å². The highest BCUT2D eigenvalue weighted by molar-refractivity contribution is 5.92. The van der Waals surface area contributed by atoms with E-state index in [1.807, 2.05) is 55.5 Å². The number of hydrogen-bond acceptors (Lipinski definition) is 3. The lowest BCUT2D eigenvalue weighted by molar-refractivity contribution is -0.117. The van der Waals surface area contributed by atoms with Crippen LogP contribution in [0.25, 0.3) is 6.08 Å². The van der Waals surface area contributed by atoms with Gasteiger partial charge in [0, 0.05) is 6.08 Å². The van der Waals surface area contributed by atoms with Gasteiger partial charge < -0.3 is 14.8 Å². The largest absolute Gasteiger partial charge is 0.497 e. The predicted octanol–water partition coefficient (Wildman–Crippen LogP) is 3.98. The maximum absolute atomic E-state index is 12.2. The Morgan fingerprint density at radius 1 is 1.00 bits per heavy atom. The molecule has 0 fully saturated rings. The van der Waals surface area contributed by atoms with Crippen LogP contribution in [0, 0.1) is 0 Å². The Labute approximate surface area is 143 Å². The first kappa shape index (κ1) is 17.6. The summed E-state index contributed by atoms with van der Waals surface area (Å²) < 4.78 is 10.3. The third kappa shape index (κ3) is 4.88. The molecule has 4 nitrogen and oxygen atoms in total. The Hall–Kier alpha value is -2.75. The molecule has 126 valence electrons. The number of carbonyl (C=O) groups is 1. The number of amides is 1. The molecule has 0 radical (unpaired) electrons. The minimum Gasteiger partial charge on any atom is -0.497 e. The SMILES string of the molecule is CC[C@@H](NC(=O)/C=C/c1ccc(OC)cc1)c1ccc(OC)cc1. The Kier molecular flexibility index (Phi) is 6.43. The van der Waals surface area contributed by atoms with Gasteiger partial charge in [-0.25, -0.2) is 0 Å². The van der Waals surface area contributed by atoms with Gasteiger partial charge in [-0.2, -0.15) is 0 Å². The van der Waals surface area contributed by atoms with Gasteiger partial charge in [0.15, 0.2) is 0 Å². The van der Waals surface area contributed by atoms with E-state index in [1.165, 1.54) is 0 Å². The highest BCUT2D eigenvalue weighted by Crippen LogP contribution is 2.20. The van der Waals surface area contributed by atoms with E-state index >= 15 is 0 Å². The van der Waals surface area contributed by atoms with E-state index in [2.05, 4.69) is 5.32 Å². The summed E-state index contributed by atoms with van der Waals surface area (Å²) in [5.74, 6) is 1.48. The fraction of sp³-hybridized carbons (Fsp3) is 0.250. The molecule has 1 amide bonds. The molecule has 0 unspecified atom stereocenters. The lowest BCUT2D eigenvalue weighted by Gasteiger charge is -2.16. The predicted molar refractivity (Wildman–Crippen MR) is 96.2 cm³/mol. The molecule has 1 N–H and O–H groups in total. The molecule has 2 rings (SSSR count). The van der Waals surface area contributed by atoms with Crippen molar-refractivity contribution in [2.75, 3.05) is 14.2 Å². The van der Waals surface area contributed by atoms with Crippen LogP contribution >= 0.6 is 0 Å². The Bertz CT molecular complexity index is 675. The Balaban J connectivity index is 1.98. The summed E-state index contributed by atoms with van der Waals surface area (Å²) in [5.41, 5.74) is 2.01. The van der Waals surface area contributed by atoms with Gasteiger partial charge in [0.2, 0.25) is 5.91 Å². The third-order valence-electron chi connectivity index (χ3n) is 3.79. The average Bonchev–Trinajstić information content (AvgIpc) is 2.65. The number of nitrogens with one attached hydrogen (secondary N) is 1. The van der Waals surface area contributed by atoms with Crippen LogP contribution in [0.5, 0.6) is 11.5 Å². The van der Waals surface area contributed by atoms with Gasteiger partial charge in [-0.05, 0) is 47.9 Å². The summed E-state index contributed by atoms with van der Waals surface area (Å²) in [4.78, 5) is 12.2. The van der Waals surface area contributed by atoms with Crippen LogP contribution in [0.2, 0.25) is 0 Å². The van der Waals surface area contributed by atoms with Crippen molar-refractivity contribution in [1.82, 2.24) is 5.32 Å². The van der Waals surface area contributed by atoms with E-state index < -0.39 is 0 Å². The van der Waals surface area contributed by atoms with Crippen molar-refractivity contribution in [1.29, 1.82) is 0 Å². The fourth-order valence-electron chi connectivity index (χ4n) is 2.36. The number of benzene rings is 2. The van der Waals surface area contributed by atoms with Crippen molar-refractivity contribution < 1.29 is 14.3 Å². The average molecular weight is 325 g/mol. The van der Waals surface area contributed by atoms with E-state index in [0.29, 0.717) is 0 Å². The summed E-state index contributed by atoms with van der Waals surface area (Å²) in [5, 5.41) is 3.02. The summed E-state index contributed by atoms with van der Waals surface area (Å²) in [6.45, 7) is 2.04. The topological polar surface area (TPSA) is 47.6 Å². The molecule has 0 bridgehead atoms. The van der Waals surface area contributed by atoms with Crippen LogP contribution in [0.3, 0.4) is 0 Å². The number of carbonyl (C=O) groups excluding carboxylic acids is 1. The molecule has 0 saturated heterocycles. The molecule has 1 atom stereocenters. The molecule has 0 aromatic heterocycles. The van der Waals surface area contributed by atoms with Gasteiger partial charge in [0.25, 0.3) is 0 Å². The fourth-order valence-corrected chi connectivity index (χ4v) is 2.36. The second-order valence-electron chi connectivity index (χ2n) is 5.35. The number of hydrogen-bond donors (Lipinski definition) is 1. The second-order valence-corrected chi connectivity index (χ2v) is 5.35. The van der Waals surface area contributed by atoms with Gasteiger partial charge in [0.05, 0.1) is 20.3 Å². The highest BCUT2D eigenvalue weighted by Gasteiger charge is 2.11. The smallest absolute Gasteiger partial charge is 0.244 e. The van der Waals surface area contributed by atoms with E-state index in [0.717, 1.165) is 29.0 Å². The van der Waals surface area contributed by atoms with Crippen LogP contribution in [0.4, 0.5) is 0 Å². The van der Waals surface area contributed by atoms with Crippen molar-refractivity contribution in [2.24, 2.45) is 0 Å². The van der Waals surface area contributed by atoms with Gasteiger partial charge >= 0.3 is 0 Å². The third-order valence-corrected chi connectivity index (χ3v) is 3.79. The quantitative estimate of drug-likeness (QED) is 0.783. The molecular formula is C20H23NO3. The first-order chi connectivity index (χ1) is 11.7. The molecule has 2 aromatic carbocycles. The molecule has 0 heterocycles. The van der Waals surface area contributed by atoms with E-state index in [1.54, 1.807) is 26.4 Å². The highest BCUT2D eigenvalue weighted by atomic mass is 16.5. The zero-order chi connectivity index (χ0) is 17.4. The van der Waals surface area contributed by atoms with Crippen LogP contribution < -0.4 is 14.8 Å². The van der Waals surface area contributed by atoms with Crippen molar-refractivity contribution in [3.8, 4) is 11.5 Å². The van der Waals surface area contributed by atoms with Gasteiger partial charge in [-0.1, -0.05) is 31.2 Å². The molecule has 0 spiro atoms. The van der Waals surface area contributed by atoms with Crippen LogP contribution in [0.15, 0.2) is 54.6 Å². The van der Waals surface area contributed by atoms with Crippen molar-refractivity contribution in [3.05, 3.63) is 65.7 Å². The lowest BCUT2D eigenvalue weighted by atomic mass is 10.0. The standard InChI is InChI=1S/C20H23NO3/c1-4-19(16-8-12-18(24-3)13-9-16)21-20(22)14-7-15-5-10-17(23-2)11-6-15/h5-14,19H,4H2,1-3H3,(H,21,22)/b14-7+/t19-/m1/s1. The molecule has 0 saturated carbocycles.